The largest absolute Gasteiger partial charge is 0.388 e. The van der Waals surface area contributed by atoms with E-state index in [1.165, 1.54) is 19.2 Å². The van der Waals surface area contributed by atoms with Gasteiger partial charge in [0.25, 0.3) is 0 Å². The minimum Gasteiger partial charge on any atom is -0.388 e. The van der Waals surface area contributed by atoms with Crippen LogP contribution in [0.25, 0.3) is 11.2 Å². The molecule has 0 bridgehead atoms. The molecule has 1 saturated heterocycles. The Bertz CT molecular complexity index is 699. The van der Waals surface area contributed by atoms with Crippen LogP contribution in [0.1, 0.15) is 38.8 Å². The smallest absolute Gasteiger partial charge is 0.167 e. The number of hydrogen-bond donors (Lipinski definition) is 3. The van der Waals surface area contributed by atoms with Crippen molar-refractivity contribution < 1.29 is 14.9 Å². The first-order valence-corrected chi connectivity index (χ1v) is 8.11. The van der Waals surface area contributed by atoms with Crippen LogP contribution < -0.4 is 5.32 Å². The van der Waals surface area contributed by atoms with Crippen molar-refractivity contribution in [2.24, 2.45) is 0 Å². The third-order valence-corrected chi connectivity index (χ3v) is 4.81. The lowest BCUT2D eigenvalue weighted by molar-refractivity contribution is -0.0299. The number of aliphatic hydroxyl groups is 2. The highest BCUT2D eigenvalue weighted by atomic mass is 16.6. The number of aliphatic hydroxyl groups excluding tert-OH is 2. The summed E-state index contributed by atoms with van der Waals surface area (Å²) in [5.74, 6) is 0.710. The molecule has 23 heavy (non-hydrogen) atoms. The van der Waals surface area contributed by atoms with E-state index in [2.05, 4.69) is 20.3 Å². The summed E-state index contributed by atoms with van der Waals surface area (Å²) in [5, 5.41) is 23.5. The Balaban J connectivity index is 1.67. The van der Waals surface area contributed by atoms with Crippen LogP contribution in [0, 0.1) is 0 Å². The number of anilines is 1. The Morgan fingerprint density at radius 2 is 1.96 bits per heavy atom. The minimum atomic E-state index is -1.01. The number of nitrogens with one attached hydrogen (secondary N) is 1. The molecule has 0 radical (unpaired) electrons. The maximum atomic E-state index is 10.2. The van der Waals surface area contributed by atoms with Crippen molar-refractivity contribution in [3.63, 3.8) is 0 Å². The Kier molecular flexibility index (Phi) is 3.67. The van der Waals surface area contributed by atoms with Gasteiger partial charge in [-0.1, -0.05) is 12.8 Å². The first-order valence-electron chi connectivity index (χ1n) is 8.11. The molecule has 2 aromatic heterocycles. The predicted octanol–water partition coefficient (Wildman–Crippen LogP) is 0.820. The zero-order valence-electron chi connectivity index (χ0n) is 13.0. The van der Waals surface area contributed by atoms with Gasteiger partial charge in [-0.2, -0.15) is 0 Å². The molecule has 8 heteroatoms. The van der Waals surface area contributed by atoms with Gasteiger partial charge in [0, 0.05) is 6.04 Å². The molecule has 3 heterocycles. The van der Waals surface area contributed by atoms with Crippen molar-refractivity contribution >= 4 is 17.0 Å². The number of nitrogens with zero attached hydrogens (tertiary/aromatic N) is 4. The van der Waals surface area contributed by atoms with Crippen LogP contribution in [0.3, 0.4) is 0 Å². The molecule has 2 aliphatic rings. The monoisotopic (exact) mass is 319 g/mol. The Hall–Kier alpha value is -1.77. The number of aromatic nitrogens is 4. The highest BCUT2D eigenvalue weighted by Crippen LogP contribution is 2.32. The van der Waals surface area contributed by atoms with Crippen molar-refractivity contribution in [1.82, 2.24) is 19.5 Å². The Morgan fingerprint density at radius 3 is 2.65 bits per heavy atom. The van der Waals surface area contributed by atoms with Crippen LogP contribution in [-0.4, -0.2) is 54.1 Å². The standard InChI is InChI=1S/C15H21N5O3/c1-8-11(21)12(22)15(23-8)20-7-18-10-13(16-6-17-14(10)20)19-9-4-2-3-5-9/h6-9,11-12,15,21-22H,2-5H2,1H3,(H,16,17,19)/t8-,11-,12-,15-/m1/s1. The molecule has 0 aromatic carbocycles. The van der Waals surface area contributed by atoms with Gasteiger partial charge in [0.15, 0.2) is 23.2 Å². The summed E-state index contributed by atoms with van der Waals surface area (Å²) >= 11 is 0. The highest BCUT2D eigenvalue weighted by Gasteiger charge is 2.42. The van der Waals surface area contributed by atoms with E-state index in [-0.39, 0.29) is 0 Å². The summed E-state index contributed by atoms with van der Waals surface area (Å²) in [7, 11) is 0. The number of ether oxygens (including phenoxy) is 1. The van der Waals surface area contributed by atoms with Gasteiger partial charge in [0.1, 0.15) is 18.5 Å². The zero-order chi connectivity index (χ0) is 16.0. The fourth-order valence-electron chi connectivity index (χ4n) is 3.46. The number of hydrogen-bond acceptors (Lipinski definition) is 7. The van der Waals surface area contributed by atoms with Gasteiger partial charge in [-0.05, 0) is 19.8 Å². The lowest BCUT2D eigenvalue weighted by Gasteiger charge is -2.17. The van der Waals surface area contributed by atoms with Crippen molar-refractivity contribution in [1.29, 1.82) is 0 Å². The molecule has 8 nitrogen and oxygen atoms in total. The van der Waals surface area contributed by atoms with Crippen LogP contribution >= 0.6 is 0 Å². The fourth-order valence-corrected chi connectivity index (χ4v) is 3.46. The van der Waals surface area contributed by atoms with Gasteiger partial charge in [0.05, 0.1) is 12.4 Å². The molecule has 2 fully saturated rings. The molecule has 3 N–H and O–H groups in total. The second kappa shape index (κ2) is 5.70. The molecule has 0 amide bonds. The van der Waals surface area contributed by atoms with E-state index in [0.29, 0.717) is 23.0 Å². The van der Waals surface area contributed by atoms with E-state index in [9.17, 15) is 10.2 Å². The summed E-state index contributed by atoms with van der Waals surface area (Å²) in [6.45, 7) is 1.73. The second-order valence-electron chi connectivity index (χ2n) is 6.38. The second-order valence-corrected chi connectivity index (χ2v) is 6.38. The maximum Gasteiger partial charge on any atom is 0.167 e. The Morgan fingerprint density at radius 1 is 1.17 bits per heavy atom. The molecular formula is C15H21N5O3. The van der Waals surface area contributed by atoms with E-state index in [0.717, 1.165) is 12.8 Å². The maximum absolute atomic E-state index is 10.2. The molecule has 1 saturated carbocycles. The Labute approximate surface area is 133 Å². The molecule has 1 aliphatic carbocycles. The number of rotatable bonds is 3. The van der Waals surface area contributed by atoms with Gasteiger partial charge in [-0.25, -0.2) is 15.0 Å². The average Bonchev–Trinajstić information content (AvgIpc) is 3.25. The minimum absolute atomic E-state index is 0.424. The van der Waals surface area contributed by atoms with Crippen molar-refractivity contribution in [3.8, 4) is 0 Å². The van der Waals surface area contributed by atoms with Crippen molar-refractivity contribution in [2.45, 2.75) is 63.2 Å². The summed E-state index contributed by atoms with van der Waals surface area (Å²) in [6.07, 6.45) is 4.75. The normalized spacial score (nSPS) is 32.0. The quantitative estimate of drug-likeness (QED) is 0.769. The molecule has 1 aliphatic heterocycles. The summed E-state index contributed by atoms with van der Waals surface area (Å²) in [5.41, 5.74) is 1.25. The molecule has 0 spiro atoms. The van der Waals surface area contributed by atoms with E-state index in [1.807, 2.05) is 0 Å². The predicted molar refractivity (Wildman–Crippen MR) is 82.8 cm³/mol. The first-order chi connectivity index (χ1) is 11.1. The average molecular weight is 319 g/mol. The summed E-state index contributed by atoms with van der Waals surface area (Å²) < 4.78 is 7.31. The van der Waals surface area contributed by atoms with Crippen LogP contribution in [0.2, 0.25) is 0 Å². The van der Waals surface area contributed by atoms with Gasteiger partial charge >= 0.3 is 0 Å². The molecule has 0 unspecified atom stereocenters. The molecule has 4 atom stereocenters. The lowest BCUT2D eigenvalue weighted by Crippen LogP contribution is -2.30. The van der Waals surface area contributed by atoms with Crippen LogP contribution in [0.15, 0.2) is 12.7 Å². The highest BCUT2D eigenvalue weighted by molar-refractivity contribution is 5.82. The summed E-state index contributed by atoms with van der Waals surface area (Å²) in [6, 6.07) is 0.424. The van der Waals surface area contributed by atoms with Crippen molar-refractivity contribution in [3.05, 3.63) is 12.7 Å². The van der Waals surface area contributed by atoms with Gasteiger partial charge in [0.2, 0.25) is 0 Å². The zero-order valence-corrected chi connectivity index (χ0v) is 13.0. The molecular weight excluding hydrogens is 298 g/mol. The topological polar surface area (TPSA) is 105 Å². The molecule has 124 valence electrons. The van der Waals surface area contributed by atoms with Gasteiger partial charge in [-0.3, -0.25) is 4.57 Å². The van der Waals surface area contributed by atoms with Crippen LogP contribution in [0.4, 0.5) is 5.82 Å². The van der Waals surface area contributed by atoms with Crippen molar-refractivity contribution in [2.75, 3.05) is 5.32 Å². The molecule has 2 aromatic rings. The van der Waals surface area contributed by atoms with E-state index in [4.69, 9.17) is 4.74 Å². The van der Waals surface area contributed by atoms with Crippen LogP contribution in [0.5, 0.6) is 0 Å². The van der Waals surface area contributed by atoms with Gasteiger partial charge < -0.3 is 20.3 Å². The third kappa shape index (κ3) is 2.46. The fraction of sp³-hybridized carbons (Fsp3) is 0.667. The number of fused-ring (bicyclic) bond motifs is 1. The molecule has 4 rings (SSSR count). The third-order valence-electron chi connectivity index (χ3n) is 4.81. The van der Waals surface area contributed by atoms with E-state index in [1.54, 1.807) is 17.8 Å². The SMILES string of the molecule is C[C@H]1O[C@@H](n2cnc3c(NC4CCCC4)ncnc32)[C@H](O)[C@@H]1O. The number of imidazole rings is 1. The lowest BCUT2D eigenvalue weighted by atomic mass is 10.1. The van der Waals surface area contributed by atoms with Gasteiger partial charge in [-0.15, -0.1) is 0 Å². The van der Waals surface area contributed by atoms with E-state index >= 15 is 0 Å². The van der Waals surface area contributed by atoms with Crippen LogP contribution in [-0.2, 0) is 4.74 Å². The van der Waals surface area contributed by atoms with E-state index < -0.39 is 24.5 Å². The summed E-state index contributed by atoms with van der Waals surface area (Å²) in [4.78, 5) is 13.0. The first kappa shape index (κ1) is 14.8.